The first kappa shape index (κ1) is 21.5. The maximum absolute atomic E-state index is 13.3. The number of benzene rings is 1. The number of thiophene rings is 1. The highest BCUT2D eigenvalue weighted by molar-refractivity contribution is 7.13. The van der Waals surface area contributed by atoms with E-state index in [1.54, 1.807) is 46.5 Å². The zero-order valence-corrected chi connectivity index (χ0v) is 19.0. The van der Waals surface area contributed by atoms with Crippen molar-refractivity contribution in [3.05, 3.63) is 75.8 Å². The second-order valence-corrected chi connectivity index (χ2v) is 8.83. The Morgan fingerprint density at radius 3 is 2.79 bits per heavy atom. The normalized spacial score (nSPS) is 11.3. The molecule has 5 rings (SSSR count). The molecule has 0 saturated heterocycles. The molecule has 4 heterocycles. The number of nitrogens with one attached hydrogen (secondary N) is 2. The molecule has 34 heavy (non-hydrogen) atoms. The third kappa shape index (κ3) is 3.92. The molecule has 5 aromatic rings. The molecule has 4 aromatic heterocycles. The number of aromatic nitrogens is 5. The zero-order valence-electron chi connectivity index (χ0n) is 18.2. The van der Waals surface area contributed by atoms with Crippen molar-refractivity contribution in [2.75, 3.05) is 5.32 Å². The van der Waals surface area contributed by atoms with E-state index in [2.05, 4.69) is 20.6 Å². The molecule has 0 radical (unpaired) electrons. The lowest BCUT2D eigenvalue weighted by atomic mass is 10.1. The van der Waals surface area contributed by atoms with Crippen molar-refractivity contribution in [3.8, 4) is 21.8 Å². The van der Waals surface area contributed by atoms with Crippen LogP contribution in [0.1, 0.15) is 30.2 Å². The van der Waals surface area contributed by atoms with E-state index < -0.39 is 4.92 Å². The van der Waals surface area contributed by atoms with Crippen LogP contribution < -0.4 is 5.32 Å². The van der Waals surface area contributed by atoms with Gasteiger partial charge >= 0.3 is 0 Å². The van der Waals surface area contributed by atoms with Crippen LogP contribution in [0.4, 0.5) is 11.5 Å². The Morgan fingerprint density at radius 1 is 1.21 bits per heavy atom. The van der Waals surface area contributed by atoms with Gasteiger partial charge in [0.15, 0.2) is 11.5 Å². The fraction of sp³-hybridized carbons (Fsp3) is 0.130. The maximum atomic E-state index is 13.3. The Balaban J connectivity index is 1.50. The fourth-order valence-corrected chi connectivity index (χ4v) is 4.32. The Labute approximate surface area is 197 Å². The van der Waals surface area contributed by atoms with E-state index in [0.717, 1.165) is 4.88 Å². The molecule has 0 saturated carbocycles. The van der Waals surface area contributed by atoms with E-state index in [1.165, 1.54) is 12.1 Å². The first-order valence-electron chi connectivity index (χ1n) is 10.4. The Bertz CT molecular complexity index is 1520. The number of nitro groups is 1. The lowest BCUT2D eigenvalue weighted by molar-refractivity contribution is -0.384. The largest absolute Gasteiger partial charge is 0.305 e. The molecule has 0 spiro atoms. The highest BCUT2D eigenvalue weighted by Gasteiger charge is 2.20. The van der Waals surface area contributed by atoms with Gasteiger partial charge < -0.3 is 5.32 Å². The van der Waals surface area contributed by atoms with Gasteiger partial charge in [0.2, 0.25) is 0 Å². The number of hydrogen-bond acceptors (Lipinski definition) is 7. The van der Waals surface area contributed by atoms with E-state index >= 15 is 0 Å². The number of non-ortho nitro benzene ring substituents is 1. The van der Waals surface area contributed by atoms with Crippen molar-refractivity contribution >= 4 is 39.8 Å². The van der Waals surface area contributed by atoms with E-state index in [9.17, 15) is 14.9 Å². The molecule has 0 aliphatic heterocycles. The van der Waals surface area contributed by atoms with Gasteiger partial charge in [-0.15, -0.1) is 11.3 Å². The first-order valence-corrected chi connectivity index (χ1v) is 11.3. The van der Waals surface area contributed by atoms with Gasteiger partial charge in [-0.1, -0.05) is 18.2 Å². The predicted octanol–water partition coefficient (Wildman–Crippen LogP) is 5.29. The minimum Gasteiger partial charge on any atom is -0.305 e. The van der Waals surface area contributed by atoms with Crippen LogP contribution in [0.25, 0.3) is 32.9 Å². The van der Waals surface area contributed by atoms with Gasteiger partial charge in [0, 0.05) is 29.8 Å². The molecule has 10 nitrogen and oxygen atoms in total. The summed E-state index contributed by atoms with van der Waals surface area (Å²) in [6.45, 7) is 4.01. The molecule has 1 amide bonds. The molecule has 0 bridgehead atoms. The summed E-state index contributed by atoms with van der Waals surface area (Å²) in [7, 11) is 0. The molecule has 0 aliphatic rings. The van der Waals surface area contributed by atoms with Crippen LogP contribution in [-0.4, -0.2) is 35.8 Å². The fourth-order valence-electron chi connectivity index (χ4n) is 3.64. The van der Waals surface area contributed by atoms with Crippen molar-refractivity contribution in [1.82, 2.24) is 25.0 Å². The number of carbonyl (C=O) groups excluding carboxylic acids is 1. The molecular formula is C23H19N7O3S. The van der Waals surface area contributed by atoms with E-state index in [4.69, 9.17) is 4.98 Å². The quantitative estimate of drug-likeness (QED) is 0.254. The summed E-state index contributed by atoms with van der Waals surface area (Å²) in [5.41, 5.74) is 2.86. The molecule has 1 aromatic carbocycles. The Kier molecular flexibility index (Phi) is 5.38. The van der Waals surface area contributed by atoms with Crippen molar-refractivity contribution in [2.24, 2.45) is 0 Å². The number of anilines is 1. The standard InChI is InChI=1S/C23H19N7O3S/c1-13(2)29-22-17(12-24-29)16(10-19(25-22)20-7-4-8-34-20)23(31)26-21-11-18(27-28-21)14-5-3-6-15(9-14)30(32)33/h3-13H,1-2H3,(H2,26,27,28,31). The summed E-state index contributed by atoms with van der Waals surface area (Å²) in [6, 6.07) is 13.5. The summed E-state index contributed by atoms with van der Waals surface area (Å²) in [5, 5.41) is 27.9. The number of aromatic amines is 1. The van der Waals surface area contributed by atoms with Gasteiger partial charge in [0.05, 0.1) is 38.3 Å². The minimum atomic E-state index is -0.459. The number of amides is 1. The molecule has 0 atom stereocenters. The lowest BCUT2D eigenvalue weighted by Gasteiger charge is -2.09. The minimum absolute atomic E-state index is 0.0277. The summed E-state index contributed by atoms with van der Waals surface area (Å²) in [5.74, 6) is -0.0593. The lowest BCUT2D eigenvalue weighted by Crippen LogP contribution is -2.13. The second kappa shape index (κ2) is 8.52. The molecule has 0 unspecified atom stereocenters. The number of H-pyrrole nitrogens is 1. The van der Waals surface area contributed by atoms with Gasteiger partial charge in [-0.05, 0) is 31.4 Å². The molecule has 2 N–H and O–H groups in total. The highest BCUT2D eigenvalue weighted by Crippen LogP contribution is 2.30. The Hall–Kier alpha value is -4.38. The SMILES string of the molecule is CC(C)n1ncc2c(C(=O)Nc3cc(-c4cccc([N+](=O)[O-])c4)[nH]n3)cc(-c3cccs3)nc21. The summed E-state index contributed by atoms with van der Waals surface area (Å²) < 4.78 is 1.79. The van der Waals surface area contributed by atoms with Crippen LogP contribution in [0.15, 0.2) is 60.1 Å². The topological polar surface area (TPSA) is 132 Å². The molecule has 170 valence electrons. The average Bonchev–Trinajstić information content (AvgIpc) is 3.58. The van der Waals surface area contributed by atoms with Crippen LogP contribution in [0.3, 0.4) is 0 Å². The Morgan fingerprint density at radius 2 is 2.06 bits per heavy atom. The summed E-state index contributed by atoms with van der Waals surface area (Å²) in [6.07, 6.45) is 1.65. The highest BCUT2D eigenvalue weighted by atomic mass is 32.1. The predicted molar refractivity (Wildman–Crippen MR) is 130 cm³/mol. The average molecular weight is 474 g/mol. The van der Waals surface area contributed by atoms with E-state index in [0.29, 0.717) is 39.4 Å². The first-order chi connectivity index (χ1) is 16.4. The zero-order chi connectivity index (χ0) is 23.8. The number of carbonyl (C=O) groups is 1. The third-order valence-corrected chi connectivity index (χ3v) is 6.15. The smallest absolute Gasteiger partial charge is 0.270 e. The van der Waals surface area contributed by atoms with Crippen molar-refractivity contribution in [1.29, 1.82) is 0 Å². The number of hydrogen-bond donors (Lipinski definition) is 2. The van der Waals surface area contributed by atoms with Crippen LogP contribution in [-0.2, 0) is 0 Å². The maximum Gasteiger partial charge on any atom is 0.270 e. The molecule has 0 aliphatic carbocycles. The van der Waals surface area contributed by atoms with Crippen LogP contribution in [0.2, 0.25) is 0 Å². The van der Waals surface area contributed by atoms with Crippen LogP contribution in [0.5, 0.6) is 0 Å². The molecule has 11 heteroatoms. The third-order valence-electron chi connectivity index (χ3n) is 5.26. The number of nitro benzene ring substituents is 1. The van der Waals surface area contributed by atoms with Crippen molar-refractivity contribution in [2.45, 2.75) is 19.9 Å². The van der Waals surface area contributed by atoms with Gasteiger partial charge in [0.1, 0.15) is 0 Å². The van der Waals surface area contributed by atoms with Gasteiger partial charge in [0.25, 0.3) is 11.6 Å². The van der Waals surface area contributed by atoms with Gasteiger partial charge in [-0.25, -0.2) is 9.67 Å². The summed E-state index contributed by atoms with van der Waals surface area (Å²) in [4.78, 5) is 29.6. The summed E-state index contributed by atoms with van der Waals surface area (Å²) >= 11 is 1.54. The number of rotatable bonds is 6. The molecular weight excluding hydrogens is 454 g/mol. The van der Waals surface area contributed by atoms with E-state index in [-0.39, 0.29) is 17.6 Å². The van der Waals surface area contributed by atoms with Crippen LogP contribution in [0, 0.1) is 10.1 Å². The van der Waals surface area contributed by atoms with Crippen LogP contribution >= 0.6 is 11.3 Å². The monoisotopic (exact) mass is 473 g/mol. The van der Waals surface area contributed by atoms with Crippen molar-refractivity contribution < 1.29 is 9.72 Å². The molecule has 0 fully saturated rings. The number of pyridine rings is 1. The van der Waals surface area contributed by atoms with Crippen molar-refractivity contribution in [3.63, 3.8) is 0 Å². The second-order valence-electron chi connectivity index (χ2n) is 7.88. The number of fused-ring (bicyclic) bond motifs is 1. The number of nitrogens with zero attached hydrogens (tertiary/aromatic N) is 5. The van der Waals surface area contributed by atoms with E-state index in [1.807, 2.05) is 31.4 Å². The van der Waals surface area contributed by atoms with Gasteiger partial charge in [-0.2, -0.15) is 10.2 Å². The van der Waals surface area contributed by atoms with Gasteiger partial charge in [-0.3, -0.25) is 20.0 Å².